The maximum Gasteiger partial charge on any atom is 0.416 e. The van der Waals surface area contributed by atoms with Gasteiger partial charge < -0.3 is 14.4 Å². The standard InChI is InChI=1S/C35H37F8N5O2/c1-44-8-2-3-31(44)33(50)47-9-6-27(21-47)46-13-11-45(12-14-46)26-7-10-48(28(20-26)15-22-4-5-29(36)30(37)16-22)32(49)23-17-24(34(38,39)40)19-25(18-23)35(41,42)43/h2-5,8,16-19,26-28H,6-7,9-15,20-21H2,1H3/t26-,27-,28+/m1/s1. The largest absolute Gasteiger partial charge is 0.416 e. The molecule has 1 aromatic heterocycles. The van der Waals surface area contributed by atoms with E-state index < -0.39 is 52.6 Å². The Morgan fingerprint density at radius 1 is 0.740 bits per heavy atom. The lowest BCUT2D eigenvalue weighted by molar-refractivity contribution is -0.143. The Bertz CT molecular complexity index is 1680. The van der Waals surface area contributed by atoms with Crippen molar-refractivity contribution in [1.82, 2.24) is 24.2 Å². The van der Waals surface area contributed by atoms with Crippen LogP contribution in [0, 0.1) is 11.6 Å². The van der Waals surface area contributed by atoms with Crippen molar-refractivity contribution in [3.8, 4) is 0 Å². The zero-order chi connectivity index (χ0) is 36.0. The van der Waals surface area contributed by atoms with Gasteiger partial charge >= 0.3 is 12.4 Å². The van der Waals surface area contributed by atoms with E-state index >= 15 is 0 Å². The van der Waals surface area contributed by atoms with Gasteiger partial charge in [0.2, 0.25) is 0 Å². The number of piperazine rings is 1. The van der Waals surface area contributed by atoms with Crippen LogP contribution in [0.5, 0.6) is 0 Å². The second-order valence-electron chi connectivity index (χ2n) is 13.3. The average molecular weight is 712 g/mol. The zero-order valence-corrected chi connectivity index (χ0v) is 27.3. The summed E-state index contributed by atoms with van der Waals surface area (Å²) in [6, 6.07) is 7.16. The quantitative estimate of drug-likeness (QED) is 0.291. The fourth-order valence-corrected chi connectivity index (χ4v) is 7.54. The summed E-state index contributed by atoms with van der Waals surface area (Å²) >= 11 is 0. The summed E-state index contributed by atoms with van der Waals surface area (Å²) in [5, 5.41) is 0. The molecule has 3 aliphatic rings. The molecule has 6 rings (SSSR count). The number of piperidine rings is 1. The van der Waals surface area contributed by atoms with Crippen LogP contribution in [0.4, 0.5) is 35.1 Å². The van der Waals surface area contributed by atoms with Crippen LogP contribution in [0.1, 0.15) is 56.8 Å². The maximum atomic E-state index is 14.2. The Balaban J connectivity index is 1.16. The number of aryl methyl sites for hydroxylation is 1. The molecule has 3 aromatic rings. The topological polar surface area (TPSA) is 52.0 Å². The number of alkyl halides is 6. The summed E-state index contributed by atoms with van der Waals surface area (Å²) in [6.07, 6.45) is -6.78. The molecule has 0 spiro atoms. The first-order chi connectivity index (χ1) is 23.6. The van der Waals surface area contributed by atoms with Crippen LogP contribution in [0.15, 0.2) is 54.7 Å². The Labute approximate surface area is 284 Å². The average Bonchev–Trinajstić information content (AvgIpc) is 3.75. The van der Waals surface area contributed by atoms with Crippen molar-refractivity contribution in [3.05, 3.63) is 94.3 Å². The smallest absolute Gasteiger partial charge is 0.347 e. The Morgan fingerprint density at radius 2 is 1.36 bits per heavy atom. The number of hydrogen-bond donors (Lipinski definition) is 0. The number of hydrogen-bond acceptors (Lipinski definition) is 4. The van der Waals surface area contributed by atoms with Gasteiger partial charge in [0.25, 0.3) is 11.8 Å². The van der Waals surface area contributed by atoms with Crippen molar-refractivity contribution >= 4 is 11.8 Å². The van der Waals surface area contributed by atoms with E-state index in [-0.39, 0.29) is 37.0 Å². The van der Waals surface area contributed by atoms with Gasteiger partial charge in [-0.1, -0.05) is 6.07 Å². The van der Waals surface area contributed by atoms with E-state index in [9.17, 15) is 44.7 Å². The molecule has 50 heavy (non-hydrogen) atoms. The second kappa shape index (κ2) is 14.0. The Morgan fingerprint density at radius 3 is 1.94 bits per heavy atom. The molecule has 3 fully saturated rings. The van der Waals surface area contributed by atoms with E-state index in [0.717, 1.165) is 31.6 Å². The van der Waals surface area contributed by atoms with Gasteiger partial charge in [0, 0.05) is 82.7 Å². The number of likely N-dealkylation sites (tertiary alicyclic amines) is 2. The Kier molecular flexibility index (Phi) is 10.0. The first kappa shape index (κ1) is 35.8. The van der Waals surface area contributed by atoms with Gasteiger partial charge in [-0.3, -0.25) is 19.4 Å². The van der Waals surface area contributed by atoms with Gasteiger partial charge in [-0.15, -0.1) is 0 Å². The van der Waals surface area contributed by atoms with Crippen LogP contribution < -0.4 is 0 Å². The van der Waals surface area contributed by atoms with Crippen LogP contribution in [0.2, 0.25) is 0 Å². The van der Waals surface area contributed by atoms with Gasteiger partial charge in [-0.2, -0.15) is 26.3 Å². The molecular weight excluding hydrogens is 674 g/mol. The lowest BCUT2D eigenvalue weighted by Gasteiger charge is -2.47. The number of nitrogens with zero attached hydrogens (tertiary/aromatic N) is 5. The van der Waals surface area contributed by atoms with E-state index in [1.807, 2.05) is 24.2 Å². The highest BCUT2D eigenvalue weighted by Crippen LogP contribution is 2.37. The number of aromatic nitrogens is 1. The highest BCUT2D eigenvalue weighted by atomic mass is 19.4. The molecule has 4 heterocycles. The molecule has 0 saturated carbocycles. The van der Waals surface area contributed by atoms with E-state index in [1.165, 1.54) is 11.0 Å². The minimum Gasteiger partial charge on any atom is -0.347 e. The molecule has 270 valence electrons. The summed E-state index contributed by atoms with van der Waals surface area (Å²) in [5.41, 5.74) is -2.95. The number of halogens is 8. The lowest BCUT2D eigenvalue weighted by atomic mass is 9.90. The lowest BCUT2D eigenvalue weighted by Crippen LogP contribution is -2.58. The van der Waals surface area contributed by atoms with Crippen LogP contribution in [0.3, 0.4) is 0 Å². The van der Waals surface area contributed by atoms with Gasteiger partial charge in [0.05, 0.1) is 11.1 Å². The third kappa shape index (κ3) is 7.68. The van der Waals surface area contributed by atoms with Crippen LogP contribution in [-0.4, -0.2) is 99.9 Å². The van der Waals surface area contributed by atoms with Gasteiger partial charge in [-0.05, 0) is 73.7 Å². The van der Waals surface area contributed by atoms with Crippen LogP contribution in [0.25, 0.3) is 0 Å². The van der Waals surface area contributed by atoms with E-state index in [0.29, 0.717) is 62.4 Å². The fraction of sp³-hybridized carbons (Fsp3) is 0.486. The number of carbonyl (C=O) groups is 2. The summed E-state index contributed by atoms with van der Waals surface area (Å²) in [6.45, 7) is 4.15. The van der Waals surface area contributed by atoms with Crippen molar-refractivity contribution in [1.29, 1.82) is 0 Å². The fourth-order valence-electron chi connectivity index (χ4n) is 7.54. The normalized spacial score (nSPS) is 22.7. The zero-order valence-electron chi connectivity index (χ0n) is 27.3. The number of benzene rings is 2. The van der Waals surface area contributed by atoms with Crippen molar-refractivity contribution < 1.29 is 44.7 Å². The van der Waals surface area contributed by atoms with Gasteiger partial charge in [0.1, 0.15) is 5.69 Å². The maximum absolute atomic E-state index is 14.2. The van der Waals surface area contributed by atoms with E-state index in [4.69, 9.17) is 0 Å². The highest BCUT2D eigenvalue weighted by Gasteiger charge is 2.41. The van der Waals surface area contributed by atoms with E-state index in [2.05, 4.69) is 9.80 Å². The minimum atomic E-state index is -5.12. The first-order valence-corrected chi connectivity index (χ1v) is 16.5. The van der Waals surface area contributed by atoms with Crippen LogP contribution >= 0.6 is 0 Å². The molecule has 0 unspecified atom stereocenters. The second-order valence-corrected chi connectivity index (χ2v) is 13.3. The monoisotopic (exact) mass is 711 g/mol. The molecule has 0 aliphatic carbocycles. The van der Waals surface area contributed by atoms with Gasteiger partial charge in [0.15, 0.2) is 11.6 Å². The summed E-state index contributed by atoms with van der Waals surface area (Å²) in [4.78, 5) is 34.5. The molecule has 3 atom stereocenters. The van der Waals surface area contributed by atoms with E-state index in [1.54, 1.807) is 10.6 Å². The third-order valence-electron chi connectivity index (χ3n) is 10.2. The summed E-state index contributed by atoms with van der Waals surface area (Å²) in [5.74, 6) is -3.17. The molecule has 15 heteroatoms. The molecule has 0 N–H and O–H groups in total. The minimum absolute atomic E-state index is 0.00761. The summed E-state index contributed by atoms with van der Waals surface area (Å²) in [7, 11) is 1.83. The van der Waals surface area contributed by atoms with Crippen molar-refractivity contribution in [3.63, 3.8) is 0 Å². The molecule has 0 radical (unpaired) electrons. The van der Waals surface area contributed by atoms with Gasteiger partial charge in [-0.25, -0.2) is 8.78 Å². The predicted octanol–water partition coefficient (Wildman–Crippen LogP) is 6.09. The third-order valence-corrected chi connectivity index (χ3v) is 10.2. The van der Waals surface area contributed by atoms with Crippen molar-refractivity contribution in [2.24, 2.45) is 7.05 Å². The predicted molar refractivity (Wildman–Crippen MR) is 167 cm³/mol. The Hall–Kier alpha value is -3.98. The molecule has 2 amide bonds. The highest BCUT2D eigenvalue weighted by molar-refractivity contribution is 5.95. The molecule has 3 aliphatic heterocycles. The number of amides is 2. The number of rotatable bonds is 6. The van der Waals surface area contributed by atoms with Crippen molar-refractivity contribution in [2.75, 3.05) is 45.8 Å². The molecule has 7 nitrogen and oxygen atoms in total. The van der Waals surface area contributed by atoms with Crippen molar-refractivity contribution in [2.45, 2.75) is 56.2 Å². The molecular formula is C35H37F8N5O2. The number of carbonyl (C=O) groups excluding carboxylic acids is 2. The van der Waals surface area contributed by atoms with Crippen LogP contribution in [-0.2, 0) is 25.8 Å². The summed E-state index contributed by atoms with van der Waals surface area (Å²) < 4.78 is 111. The molecule has 2 aromatic carbocycles. The molecule has 0 bridgehead atoms. The SMILES string of the molecule is Cn1cccc1C(=O)N1CC[C@@H](N2CCN([C@@H]3CCN(C(=O)c4cc(C(F)(F)F)cc(C(F)(F)F)c4)[C@@H](Cc4ccc(F)c(F)c4)C3)CC2)C1. The molecule has 3 saturated heterocycles. The first-order valence-electron chi connectivity index (χ1n) is 16.5.